The van der Waals surface area contributed by atoms with E-state index in [0.717, 1.165) is 33.4 Å². The number of hydrogen-bond donors (Lipinski definition) is 1. The Labute approximate surface area is 225 Å². The Bertz CT molecular complexity index is 1480. The lowest BCUT2D eigenvalue weighted by Gasteiger charge is -2.05. The lowest BCUT2D eigenvalue weighted by Crippen LogP contribution is -1.94. The summed E-state index contributed by atoms with van der Waals surface area (Å²) in [5.74, 6) is -0.917. The molecule has 0 spiro atoms. The second-order valence-corrected chi connectivity index (χ2v) is 7.80. The highest BCUT2D eigenvalue weighted by Crippen LogP contribution is 2.20. The van der Waals surface area contributed by atoms with Gasteiger partial charge in [-0.05, 0) is 51.6 Å². The zero-order valence-electron chi connectivity index (χ0n) is 20.8. The molecule has 0 aliphatic carbocycles. The van der Waals surface area contributed by atoms with Crippen molar-refractivity contribution >= 4 is 54.7 Å². The van der Waals surface area contributed by atoms with Crippen molar-refractivity contribution in [3.8, 4) is 0 Å². The summed E-state index contributed by atoms with van der Waals surface area (Å²) in [7, 11) is 0. The molecule has 0 saturated carbocycles. The predicted octanol–water partition coefficient (Wildman–Crippen LogP) is 6.73. The van der Waals surface area contributed by atoms with Crippen LogP contribution in [0.2, 0.25) is 0 Å². The maximum atomic E-state index is 11.0. The Balaban J connectivity index is 0.000000815. The van der Waals surface area contributed by atoms with Crippen molar-refractivity contribution in [1.82, 2.24) is 0 Å². The van der Waals surface area contributed by atoms with Gasteiger partial charge in [-0.3, -0.25) is 0 Å². The standard InChI is InChI=1S/C31H24O2.2CO2/c32-31(33)29-20-14-26(15-21-29)11-12-27-17-19-28(18-13-24-7-3-1-4-8-24)30(23-27)22-16-25-9-5-2-6-10-25;2*2-1-3/h1-23H,(H,32,33);;/b12-11+,18-13+,22-16+;;. The van der Waals surface area contributed by atoms with E-state index in [2.05, 4.69) is 66.8 Å². The Hall–Kier alpha value is -5.67. The average molecular weight is 517 g/mol. The van der Waals surface area contributed by atoms with Crippen LogP contribution in [0.25, 0.3) is 36.5 Å². The number of carbonyl (C=O) groups is 1. The molecule has 0 atom stereocenters. The molecule has 0 aliphatic rings. The summed E-state index contributed by atoms with van der Waals surface area (Å²) >= 11 is 0. The molecule has 0 unspecified atom stereocenters. The highest BCUT2D eigenvalue weighted by Gasteiger charge is 2.01. The molecule has 39 heavy (non-hydrogen) atoms. The summed E-state index contributed by atoms with van der Waals surface area (Å²) in [6.07, 6.45) is 13.0. The van der Waals surface area contributed by atoms with Crippen LogP contribution in [0.5, 0.6) is 0 Å². The third-order valence-corrected chi connectivity index (χ3v) is 5.25. The molecule has 0 radical (unpaired) electrons. The fourth-order valence-electron chi connectivity index (χ4n) is 3.42. The van der Waals surface area contributed by atoms with Crippen LogP contribution < -0.4 is 0 Å². The van der Waals surface area contributed by atoms with E-state index in [9.17, 15) is 4.79 Å². The van der Waals surface area contributed by atoms with Crippen molar-refractivity contribution in [2.75, 3.05) is 0 Å². The van der Waals surface area contributed by atoms with Crippen molar-refractivity contribution in [2.45, 2.75) is 0 Å². The first-order chi connectivity index (χ1) is 19.0. The Morgan fingerprint density at radius 1 is 0.487 bits per heavy atom. The molecule has 0 aromatic heterocycles. The Kier molecular flexibility index (Phi) is 12.8. The summed E-state index contributed by atoms with van der Waals surface area (Å²) in [5, 5.41) is 9.06. The van der Waals surface area contributed by atoms with Crippen molar-refractivity contribution in [2.24, 2.45) is 0 Å². The van der Waals surface area contributed by atoms with E-state index in [1.54, 1.807) is 12.1 Å². The van der Waals surface area contributed by atoms with Gasteiger partial charge in [0.2, 0.25) is 0 Å². The molecule has 0 aliphatic heterocycles. The predicted molar refractivity (Wildman–Crippen MR) is 150 cm³/mol. The lowest BCUT2D eigenvalue weighted by molar-refractivity contribution is -0.193. The third-order valence-electron chi connectivity index (χ3n) is 5.25. The van der Waals surface area contributed by atoms with Crippen LogP contribution in [-0.2, 0) is 19.2 Å². The van der Waals surface area contributed by atoms with Gasteiger partial charge in [-0.25, -0.2) is 4.79 Å². The number of hydrogen-bond acceptors (Lipinski definition) is 5. The van der Waals surface area contributed by atoms with Crippen LogP contribution >= 0.6 is 0 Å². The normalized spacial score (nSPS) is 10.2. The SMILES string of the molecule is O=C(O)c1ccc(/C=C/c2ccc(/C=C/c3ccccc3)c(/C=C/c3ccccc3)c2)cc1.O=C=O.O=C=O. The molecule has 0 bridgehead atoms. The molecule has 0 amide bonds. The van der Waals surface area contributed by atoms with E-state index in [1.165, 1.54) is 0 Å². The van der Waals surface area contributed by atoms with Gasteiger partial charge in [0, 0.05) is 0 Å². The highest BCUT2D eigenvalue weighted by molar-refractivity contribution is 5.88. The van der Waals surface area contributed by atoms with Crippen molar-refractivity contribution in [1.29, 1.82) is 0 Å². The van der Waals surface area contributed by atoms with Gasteiger partial charge in [0.15, 0.2) is 0 Å². The molecule has 192 valence electrons. The van der Waals surface area contributed by atoms with Crippen LogP contribution in [0.4, 0.5) is 0 Å². The molecule has 0 saturated heterocycles. The zero-order valence-corrected chi connectivity index (χ0v) is 20.8. The summed E-state index contributed by atoms with van der Waals surface area (Å²) in [5.41, 5.74) is 6.87. The first-order valence-corrected chi connectivity index (χ1v) is 11.6. The molecule has 0 fully saturated rings. The monoisotopic (exact) mass is 516 g/mol. The van der Waals surface area contributed by atoms with Gasteiger partial charge in [-0.1, -0.05) is 121 Å². The van der Waals surface area contributed by atoms with Crippen molar-refractivity contribution in [3.05, 3.63) is 142 Å². The summed E-state index contributed by atoms with van der Waals surface area (Å²) in [4.78, 5) is 43.5. The maximum absolute atomic E-state index is 11.0. The molecular weight excluding hydrogens is 492 g/mol. The van der Waals surface area contributed by atoms with E-state index < -0.39 is 5.97 Å². The summed E-state index contributed by atoms with van der Waals surface area (Å²) < 4.78 is 0. The number of carboxylic acid groups (broad SMARTS) is 1. The van der Waals surface area contributed by atoms with Gasteiger partial charge < -0.3 is 5.11 Å². The first-order valence-electron chi connectivity index (χ1n) is 11.6. The number of aromatic carboxylic acids is 1. The molecule has 4 aromatic carbocycles. The molecule has 4 aromatic rings. The van der Waals surface area contributed by atoms with Crippen LogP contribution in [-0.4, -0.2) is 23.4 Å². The van der Waals surface area contributed by atoms with Gasteiger partial charge in [0.1, 0.15) is 0 Å². The zero-order chi connectivity index (χ0) is 28.3. The smallest absolute Gasteiger partial charge is 0.373 e. The molecule has 6 nitrogen and oxygen atoms in total. The minimum absolute atomic E-state index is 0.250. The number of benzene rings is 4. The van der Waals surface area contributed by atoms with Crippen LogP contribution in [0.1, 0.15) is 43.7 Å². The molecule has 1 N–H and O–H groups in total. The van der Waals surface area contributed by atoms with E-state index >= 15 is 0 Å². The van der Waals surface area contributed by atoms with Gasteiger partial charge in [0.05, 0.1) is 5.56 Å². The Morgan fingerprint density at radius 3 is 1.36 bits per heavy atom. The summed E-state index contributed by atoms with van der Waals surface area (Å²) in [6.45, 7) is 0. The second kappa shape index (κ2) is 16.9. The largest absolute Gasteiger partial charge is 0.478 e. The third kappa shape index (κ3) is 10.9. The van der Waals surface area contributed by atoms with Crippen LogP contribution in [0.3, 0.4) is 0 Å². The van der Waals surface area contributed by atoms with E-state index in [4.69, 9.17) is 24.3 Å². The minimum Gasteiger partial charge on any atom is -0.478 e. The van der Waals surface area contributed by atoms with Gasteiger partial charge in [0.25, 0.3) is 0 Å². The van der Waals surface area contributed by atoms with Crippen molar-refractivity contribution < 1.29 is 29.1 Å². The lowest BCUT2D eigenvalue weighted by atomic mass is 10.0. The average Bonchev–Trinajstić information content (AvgIpc) is 2.96. The fourth-order valence-corrected chi connectivity index (χ4v) is 3.42. The van der Waals surface area contributed by atoms with E-state index in [-0.39, 0.29) is 17.9 Å². The molecule has 4 rings (SSSR count). The second-order valence-electron chi connectivity index (χ2n) is 7.80. The molecule has 0 heterocycles. The molecular formula is C33H24O6. The number of carboxylic acids is 1. The summed E-state index contributed by atoms with van der Waals surface area (Å²) in [6, 6.07) is 33.7. The first kappa shape index (κ1) is 29.6. The Morgan fingerprint density at radius 2 is 0.872 bits per heavy atom. The topological polar surface area (TPSA) is 106 Å². The highest BCUT2D eigenvalue weighted by atomic mass is 16.4. The van der Waals surface area contributed by atoms with Crippen molar-refractivity contribution in [3.63, 3.8) is 0 Å². The number of carbonyl (C=O) groups excluding carboxylic acids is 4. The fraction of sp³-hybridized carbons (Fsp3) is 0. The number of rotatable bonds is 7. The quantitative estimate of drug-likeness (QED) is 0.273. The van der Waals surface area contributed by atoms with Crippen LogP contribution in [0, 0.1) is 0 Å². The van der Waals surface area contributed by atoms with Gasteiger partial charge in [-0.2, -0.15) is 19.2 Å². The molecule has 6 heteroatoms. The van der Waals surface area contributed by atoms with Gasteiger partial charge >= 0.3 is 18.3 Å². The van der Waals surface area contributed by atoms with E-state index in [1.807, 2.05) is 60.7 Å². The van der Waals surface area contributed by atoms with E-state index in [0.29, 0.717) is 0 Å². The minimum atomic E-state index is -0.917. The maximum Gasteiger partial charge on any atom is 0.373 e. The van der Waals surface area contributed by atoms with Crippen LogP contribution in [0.15, 0.2) is 103 Å². The van der Waals surface area contributed by atoms with Gasteiger partial charge in [-0.15, -0.1) is 0 Å².